The smallest absolute Gasteiger partial charge is 0.232 e. The van der Waals surface area contributed by atoms with E-state index in [2.05, 4.69) is 16.8 Å². The molecule has 134 valence electrons. The van der Waals surface area contributed by atoms with Crippen LogP contribution in [0.3, 0.4) is 0 Å². The van der Waals surface area contributed by atoms with Crippen LogP contribution >= 0.6 is 23.4 Å². The van der Waals surface area contributed by atoms with E-state index in [0.29, 0.717) is 30.5 Å². The number of thioether (sulfide) groups is 1. The molecule has 0 N–H and O–H groups in total. The molecule has 0 fully saturated rings. The molecule has 0 aliphatic rings. The highest BCUT2D eigenvalue weighted by Crippen LogP contribution is 2.18. The van der Waals surface area contributed by atoms with Crippen molar-refractivity contribution in [2.75, 3.05) is 26.0 Å². The molecule has 8 heteroatoms. The number of halogens is 1. The highest BCUT2D eigenvalue weighted by Gasteiger charge is 2.13. The Morgan fingerprint density at radius 1 is 1.40 bits per heavy atom. The highest BCUT2D eigenvalue weighted by atomic mass is 35.5. The van der Waals surface area contributed by atoms with Gasteiger partial charge in [-0.2, -0.15) is 0 Å². The third kappa shape index (κ3) is 5.79. The van der Waals surface area contributed by atoms with E-state index in [-0.39, 0.29) is 5.91 Å². The van der Waals surface area contributed by atoms with Gasteiger partial charge < -0.3 is 14.2 Å². The molecule has 0 saturated carbocycles. The molecule has 0 unspecified atom stereocenters. The van der Waals surface area contributed by atoms with Gasteiger partial charge in [0.05, 0.1) is 12.3 Å². The van der Waals surface area contributed by atoms with E-state index in [1.165, 1.54) is 11.8 Å². The van der Waals surface area contributed by atoms with Crippen molar-refractivity contribution in [1.82, 2.24) is 19.7 Å². The van der Waals surface area contributed by atoms with Crippen molar-refractivity contribution in [2.24, 2.45) is 0 Å². The Labute approximate surface area is 156 Å². The molecule has 1 amide bonds. The van der Waals surface area contributed by atoms with Gasteiger partial charge in [0.15, 0.2) is 5.16 Å². The number of rotatable bonds is 9. The monoisotopic (exact) mass is 380 g/mol. The molecule has 0 aliphatic carbocycles. The molecule has 6 nitrogen and oxygen atoms in total. The number of likely N-dealkylation sites (N-methyl/N-ethyl adjacent to an activating group) is 1. The minimum Gasteiger partial charge on any atom is -0.492 e. The molecule has 1 aromatic carbocycles. The van der Waals surface area contributed by atoms with Crippen LogP contribution in [-0.2, 0) is 11.3 Å². The zero-order valence-electron chi connectivity index (χ0n) is 14.3. The quantitative estimate of drug-likeness (QED) is 0.494. The number of allylic oxidation sites excluding steroid dienone is 1. The largest absolute Gasteiger partial charge is 0.492 e. The van der Waals surface area contributed by atoms with Gasteiger partial charge in [0.1, 0.15) is 18.2 Å². The summed E-state index contributed by atoms with van der Waals surface area (Å²) in [4.78, 5) is 13.9. The fraction of sp³-hybridized carbons (Fsp3) is 0.353. The maximum atomic E-state index is 12.2. The first kappa shape index (κ1) is 19.3. The Morgan fingerprint density at radius 2 is 2.12 bits per heavy atom. The normalized spacial score (nSPS) is 10.5. The number of carbonyl (C=O) groups is 1. The number of aryl methyl sites for hydroxylation is 1. The van der Waals surface area contributed by atoms with Crippen LogP contribution in [0.4, 0.5) is 0 Å². The molecule has 0 spiro atoms. The van der Waals surface area contributed by atoms with Crippen LogP contribution in [0.2, 0.25) is 5.02 Å². The van der Waals surface area contributed by atoms with Gasteiger partial charge >= 0.3 is 0 Å². The minimum absolute atomic E-state index is 0.00973. The number of aromatic nitrogens is 3. The minimum atomic E-state index is 0.00973. The van der Waals surface area contributed by atoms with Crippen LogP contribution in [0.15, 0.2) is 42.1 Å². The van der Waals surface area contributed by atoms with E-state index >= 15 is 0 Å². The van der Waals surface area contributed by atoms with Crippen molar-refractivity contribution in [3.05, 3.63) is 47.8 Å². The summed E-state index contributed by atoms with van der Waals surface area (Å²) >= 11 is 7.20. The summed E-state index contributed by atoms with van der Waals surface area (Å²) in [5.74, 6) is 1.84. The lowest BCUT2D eigenvalue weighted by molar-refractivity contribution is -0.127. The topological polar surface area (TPSA) is 60.2 Å². The van der Waals surface area contributed by atoms with Crippen LogP contribution in [0.1, 0.15) is 5.82 Å². The Hall–Kier alpha value is -1.99. The van der Waals surface area contributed by atoms with Crippen molar-refractivity contribution >= 4 is 29.3 Å². The third-order valence-corrected chi connectivity index (χ3v) is 4.68. The van der Waals surface area contributed by atoms with E-state index in [1.54, 1.807) is 42.3 Å². The molecular formula is C17H21ClN4O2S. The molecular weight excluding hydrogens is 360 g/mol. The van der Waals surface area contributed by atoms with Gasteiger partial charge in [-0.15, -0.1) is 16.8 Å². The summed E-state index contributed by atoms with van der Waals surface area (Å²) < 4.78 is 7.53. The summed E-state index contributed by atoms with van der Waals surface area (Å²) in [7, 11) is 1.76. The molecule has 0 saturated heterocycles. The lowest BCUT2D eigenvalue weighted by atomic mass is 10.3. The molecule has 1 aromatic heterocycles. The summed E-state index contributed by atoms with van der Waals surface area (Å²) in [6.45, 7) is 7.14. The van der Waals surface area contributed by atoms with E-state index in [1.807, 2.05) is 11.5 Å². The van der Waals surface area contributed by atoms with Gasteiger partial charge in [-0.25, -0.2) is 0 Å². The Kier molecular flexibility index (Phi) is 7.33. The molecule has 0 bridgehead atoms. The van der Waals surface area contributed by atoms with Crippen molar-refractivity contribution in [1.29, 1.82) is 0 Å². The lowest BCUT2D eigenvalue weighted by Gasteiger charge is -2.17. The van der Waals surface area contributed by atoms with Gasteiger partial charge in [-0.1, -0.05) is 29.4 Å². The first-order valence-electron chi connectivity index (χ1n) is 7.77. The van der Waals surface area contributed by atoms with Gasteiger partial charge in [0.25, 0.3) is 0 Å². The average molecular weight is 381 g/mol. The molecule has 0 atom stereocenters. The second-order valence-electron chi connectivity index (χ2n) is 5.34. The van der Waals surface area contributed by atoms with E-state index in [9.17, 15) is 4.79 Å². The molecule has 0 radical (unpaired) electrons. The zero-order chi connectivity index (χ0) is 18.2. The summed E-state index contributed by atoms with van der Waals surface area (Å²) in [5.41, 5.74) is 0. The Bertz CT molecular complexity index is 718. The van der Waals surface area contributed by atoms with Crippen LogP contribution in [0, 0.1) is 6.92 Å². The van der Waals surface area contributed by atoms with Crippen molar-refractivity contribution in [3.8, 4) is 5.75 Å². The molecule has 1 heterocycles. The van der Waals surface area contributed by atoms with Crippen LogP contribution in [-0.4, -0.2) is 51.5 Å². The second-order valence-corrected chi connectivity index (χ2v) is 6.71. The number of nitrogens with zero attached hydrogens (tertiary/aromatic N) is 4. The Morgan fingerprint density at radius 3 is 2.80 bits per heavy atom. The lowest BCUT2D eigenvalue weighted by Crippen LogP contribution is -2.32. The zero-order valence-corrected chi connectivity index (χ0v) is 15.9. The standard InChI is InChI=1S/C17H21ClN4O2S/c1-4-9-22-13(2)19-20-17(22)25-12-16(23)21(3)10-11-24-15-7-5-14(18)6-8-15/h4-8H,1,9-12H2,2-3H3. The average Bonchev–Trinajstić information content (AvgIpc) is 2.95. The van der Waals surface area contributed by atoms with Crippen LogP contribution in [0.5, 0.6) is 5.75 Å². The first-order chi connectivity index (χ1) is 12.0. The van der Waals surface area contributed by atoms with E-state index in [0.717, 1.165) is 16.7 Å². The van der Waals surface area contributed by atoms with E-state index in [4.69, 9.17) is 16.3 Å². The summed E-state index contributed by atoms with van der Waals surface area (Å²) in [6.07, 6.45) is 1.78. The van der Waals surface area contributed by atoms with E-state index < -0.39 is 0 Å². The summed E-state index contributed by atoms with van der Waals surface area (Å²) in [6, 6.07) is 7.14. The van der Waals surface area contributed by atoms with Crippen molar-refractivity contribution in [2.45, 2.75) is 18.6 Å². The predicted octanol–water partition coefficient (Wildman–Crippen LogP) is 3.06. The van der Waals surface area contributed by atoms with Gasteiger partial charge in [0, 0.05) is 18.6 Å². The number of amides is 1. The highest BCUT2D eigenvalue weighted by molar-refractivity contribution is 7.99. The molecule has 25 heavy (non-hydrogen) atoms. The maximum absolute atomic E-state index is 12.2. The number of carbonyl (C=O) groups excluding carboxylic acids is 1. The fourth-order valence-electron chi connectivity index (χ4n) is 2.00. The first-order valence-corrected chi connectivity index (χ1v) is 9.13. The molecule has 2 rings (SSSR count). The maximum Gasteiger partial charge on any atom is 0.232 e. The van der Waals surface area contributed by atoms with Crippen molar-refractivity contribution < 1.29 is 9.53 Å². The Balaban J connectivity index is 1.76. The van der Waals surface area contributed by atoms with Crippen LogP contribution in [0.25, 0.3) is 0 Å². The molecule has 0 aliphatic heterocycles. The van der Waals surface area contributed by atoms with Crippen molar-refractivity contribution in [3.63, 3.8) is 0 Å². The van der Waals surface area contributed by atoms with Gasteiger partial charge in [-0.3, -0.25) is 4.79 Å². The van der Waals surface area contributed by atoms with Gasteiger partial charge in [0.2, 0.25) is 5.91 Å². The summed E-state index contributed by atoms with van der Waals surface area (Å²) in [5, 5.41) is 9.52. The van der Waals surface area contributed by atoms with Crippen LogP contribution < -0.4 is 4.74 Å². The third-order valence-electron chi connectivity index (χ3n) is 3.47. The SMILES string of the molecule is C=CCn1c(C)nnc1SCC(=O)N(C)CCOc1ccc(Cl)cc1. The number of ether oxygens (including phenoxy) is 1. The van der Waals surface area contributed by atoms with Gasteiger partial charge in [-0.05, 0) is 31.2 Å². The number of hydrogen-bond donors (Lipinski definition) is 0. The predicted molar refractivity (Wildman–Crippen MR) is 100 cm³/mol. The number of hydrogen-bond acceptors (Lipinski definition) is 5. The second kappa shape index (κ2) is 9.48. The fourth-order valence-corrected chi connectivity index (χ4v) is 3.06. The molecule has 2 aromatic rings. The number of benzene rings is 1.